The predicted octanol–water partition coefficient (Wildman–Crippen LogP) is 5.44. The molecule has 1 amide bonds. The predicted molar refractivity (Wildman–Crippen MR) is 134 cm³/mol. The maximum Gasteiger partial charge on any atom is 0.236 e. The molecule has 0 radical (unpaired) electrons. The number of benzene rings is 2. The number of aryl methyl sites for hydroxylation is 2. The smallest absolute Gasteiger partial charge is 0.236 e. The van der Waals surface area contributed by atoms with Crippen molar-refractivity contribution >= 4 is 34.1 Å². The van der Waals surface area contributed by atoms with Crippen LogP contribution in [0.25, 0.3) is 22.6 Å². The maximum absolute atomic E-state index is 12.6. The van der Waals surface area contributed by atoms with Crippen LogP contribution in [0, 0.1) is 13.8 Å². The number of hydrogen-bond donors (Lipinski definition) is 1. The third-order valence-corrected chi connectivity index (χ3v) is 7.01. The van der Waals surface area contributed by atoms with E-state index in [1.54, 1.807) is 7.11 Å². The van der Waals surface area contributed by atoms with Crippen molar-refractivity contribution in [3.63, 3.8) is 0 Å². The summed E-state index contributed by atoms with van der Waals surface area (Å²) in [5.74, 6) is 1.71. The van der Waals surface area contributed by atoms with Gasteiger partial charge in [-0.2, -0.15) is 0 Å². The second kappa shape index (κ2) is 10.2. The van der Waals surface area contributed by atoms with Gasteiger partial charge in [0.15, 0.2) is 16.1 Å². The van der Waals surface area contributed by atoms with E-state index >= 15 is 0 Å². The summed E-state index contributed by atoms with van der Waals surface area (Å²) in [6.45, 7) is 6.82. The molecule has 33 heavy (non-hydrogen) atoms. The molecule has 170 valence electrons. The number of carbonyl (C=O) groups excluding carboxylic acids is 1. The Kier molecular flexibility index (Phi) is 7.10. The molecule has 2 aromatic heterocycles. The zero-order chi connectivity index (χ0) is 23.4. The van der Waals surface area contributed by atoms with Gasteiger partial charge in [-0.3, -0.25) is 4.79 Å². The van der Waals surface area contributed by atoms with Gasteiger partial charge in [0.1, 0.15) is 5.75 Å². The standard InChI is InChI=1S/C24H25N5O2S2/c1-5-29-22(19-9-7-6-8-15(19)2)27-28-24(29)32-14-20(30)25-23-26-21(16(3)33-23)17-10-12-18(31-4)13-11-17/h6-13H,5,14H2,1-4H3,(H,25,26,30). The van der Waals surface area contributed by atoms with Crippen LogP contribution in [0.15, 0.2) is 53.7 Å². The van der Waals surface area contributed by atoms with E-state index in [0.29, 0.717) is 5.13 Å². The number of thiazole rings is 1. The molecule has 0 fully saturated rings. The number of amides is 1. The Morgan fingerprint density at radius 2 is 1.88 bits per heavy atom. The molecule has 0 aliphatic rings. The summed E-state index contributed by atoms with van der Waals surface area (Å²) in [6, 6.07) is 15.8. The van der Waals surface area contributed by atoms with Gasteiger partial charge in [-0.15, -0.1) is 21.5 Å². The van der Waals surface area contributed by atoms with Crippen molar-refractivity contribution in [1.29, 1.82) is 0 Å². The molecule has 0 spiro atoms. The first-order valence-corrected chi connectivity index (χ1v) is 12.3. The fourth-order valence-corrected chi connectivity index (χ4v) is 5.11. The van der Waals surface area contributed by atoms with E-state index in [9.17, 15) is 4.79 Å². The van der Waals surface area contributed by atoms with Gasteiger partial charge in [0, 0.05) is 22.5 Å². The molecule has 0 aliphatic heterocycles. The molecule has 7 nitrogen and oxygen atoms in total. The van der Waals surface area contributed by atoms with Crippen LogP contribution in [-0.4, -0.2) is 38.5 Å². The molecular weight excluding hydrogens is 454 g/mol. The number of aromatic nitrogens is 4. The summed E-state index contributed by atoms with van der Waals surface area (Å²) in [4.78, 5) is 18.3. The highest BCUT2D eigenvalue weighted by Crippen LogP contribution is 2.32. The van der Waals surface area contributed by atoms with Crippen LogP contribution < -0.4 is 10.1 Å². The lowest BCUT2D eigenvalue weighted by atomic mass is 10.1. The minimum atomic E-state index is -0.127. The summed E-state index contributed by atoms with van der Waals surface area (Å²) in [6.07, 6.45) is 0. The minimum Gasteiger partial charge on any atom is -0.497 e. The minimum absolute atomic E-state index is 0.127. The largest absolute Gasteiger partial charge is 0.497 e. The molecule has 9 heteroatoms. The van der Waals surface area contributed by atoms with E-state index in [4.69, 9.17) is 4.74 Å². The number of hydrogen-bond acceptors (Lipinski definition) is 7. The normalized spacial score (nSPS) is 10.9. The third kappa shape index (κ3) is 5.09. The molecule has 4 aromatic rings. The second-order valence-corrected chi connectivity index (χ2v) is 9.50. The van der Waals surface area contributed by atoms with Crippen molar-refractivity contribution in [2.75, 3.05) is 18.2 Å². The van der Waals surface area contributed by atoms with Gasteiger partial charge in [-0.1, -0.05) is 36.0 Å². The first kappa shape index (κ1) is 23.0. The van der Waals surface area contributed by atoms with Crippen molar-refractivity contribution in [1.82, 2.24) is 19.7 Å². The van der Waals surface area contributed by atoms with E-state index in [1.807, 2.05) is 60.9 Å². The van der Waals surface area contributed by atoms with Crippen LogP contribution in [0.1, 0.15) is 17.4 Å². The van der Waals surface area contributed by atoms with Crippen LogP contribution in [0.2, 0.25) is 0 Å². The van der Waals surface area contributed by atoms with Crippen molar-refractivity contribution in [3.05, 3.63) is 59.0 Å². The van der Waals surface area contributed by atoms with Gasteiger partial charge in [-0.05, 0) is 50.6 Å². The van der Waals surface area contributed by atoms with E-state index in [2.05, 4.69) is 33.5 Å². The molecule has 4 rings (SSSR count). The topological polar surface area (TPSA) is 81.9 Å². The second-order valence-electron chi connectivity index (χ2n) is 7.35. The average molecular weight is 480 g/mol. The van der Waals surface area contributed by atoms with Gasteiger partial charge in [0.2, 0.25) is 5.91 Å². The highest BCUT2D eigenvalue weighted by atomic mass is 32.2. The number of nitrogens with zero attached hydrogens (tertiary/aromatic N) is 4. The monoisotopic (exact) mass is 479 g/mol. The third-order valence-electron chi connectivity index (χ3n) is 5.16. The molecule has 0 aliphatic carbocycles. The summed E-state index contributed by atoms with van der Waals surface area (Å²) in [5.41, 5.74) is 4.03. The molecule has 0 saturated carbocycles. The molecule has 1 N–H and O–H groups in total. The summed E-state index contributed by atoms with van der Waals surface area (Å²) >= 11 is 2.84. The van der Waals surface area contributed by atoms with E-state index in [-0.39, 0.29) is 11.7 Å². The van der Waals surface area contributed by atoms with Gasteiger partial charge in [0.05, 0.1) is 18.6 Å². The lowest BCUT2D eigenvalue weighted by molar-refractivity contribution is -0.113. The van der Waals surface area contributed by atoms with Gasteiger partial charge in [-0.25, -0.2) is 4.98 Å². The summed E-state index contributed by atoms with van der Waals surface area (Å²) in [5, 5.41) is 12.9. The number of methoxy groups -OCH3 is 1. The van der Waals surface area contributed by atoms with Crippen LogP contribution in [0.3, 0.4) is 0 Å². The molecule has 0 unspecified atom stereocenters. The van der Waals surface area contributed by atoms with E-state index in [1.165, 1.54) is 23.1 Å². The van der Waals surface area contributed by atoms with Gasteiger partial charge < -0.3 is 14.6 Å². The van der Waals surface area contributed by atoms with Crippen molar-refractivity contribution < 1.29 is 9.53 Å². The highest BCUT2D eigenvalue weighted by molar-refractivity contribution is 7.99. The Labute approximate surface area is 201 Å². The zero-order valence-corrected chi connectivity index (χ0v) is 20.6. The Balaban J connectivity index is 1.43. The van der Waals surface area contributed by atoms with Crippen LogP contribution in [0.5, 0.6) is 5.75 Å². The first-order chi connectivity index (χ1) is 16.0. The molecule has 2 aromatic carbocycles. The Hall–Kier alpha value is -3.17. The summed E-state index contributed by atoms with van der Waals surface area (Å²) in [7, 11) is 1.64. The lowest BCUT2D eigenvalue weighted by Gasteiger charge is -2.09. The number of rotatable bonds is 8. The number of thioether (sulfide) groups is 1. The Morgan fingerprint density at radius 1 is 1.12 bits per heavy atom. The zero-order valence-electron chi connectivity index (χ0n) is 19.0. The molecular formula is C24H25N5O2S2. The van der Waals surface area contributed by atoms with Crippen molar-refractivity contribution in [2.24, 2.45) is 0 Å². The van der Waals surface area contributed by atoms with Gasteiger partial charge >= 0.3 is 0 Å². The number of carbonyl (C=O) groups is 1. The SMILES string of the molecule is CCn1c(SCC(=O)Nc2nc(-c3ccc(OC)cc3)c(C)s2)nnc1-c1ccccc1C. The van der Waals surface area contributed by atoms with Crippen LogP contribution in [0.4, 0.5) is 5.13 Å². The van der Waals surface area contributed by atoms with Crippen molar-refractivity contribution in [2.45, 2.75) is 32.5 Å². The number of ether oxygens (including phenoxy) is 1. The molecule has 2 heterocycles. The fraction of sp³-hybridized carbons (Fsp3) is 0.250. The van der Waals surface area contributed by atoms with Gasteiger partial charge in [0.25, 0.3) is 0 Å². The van der Waals surface area contributed by atoms with Crippen LogP contribution >= 0.6 is 23.1 Å². The quantitative estimate of drug-likeness (QED) is 0.339. The molecule has 0 bridgehead atoms. The van der Waals surface area contributed by atoms with E-state index in [0.717, 1.165) is 50.5 Å². The maximum atomic E-state index is 12.6. The summed E-state index contributed by atoms with van der Waals surface area (Å²) < 4.78 is 7.25. The molecule has 0 atom stereocenters. The Bertz CT molecular complexity index is 1260. The first-order valence-electron chi connectivity index (χ1n) is 10.5. The highest BCUT2D eigenvalue weighted by Gasteiger charge is 2.17. The fourth-order valence-electron chi connectivity index (χ4n) is 3.46. The van der Waals surface area contributed by atoms with Crippen LogP contribution in [-0.2, 0) is 11.3 Å². The number of nitrogens with one attached hydrogen (secondary N) is 1. The lowest BCUT2D eigenvalue weighted by Crippen LogP contribution is -2.14. The van der Waals surface area contributed by atoms with Crippen molar-refractivity contribution in [3.8, 4) is 28.4 Å². The Morgan fingerprint density at radius 3 is 2.58 bits per heavy atom. The average Bonchev–Trinajstić information content (AvgIpc) is 3.40. The number of anilines is 1. The molecule has 0 saturated heterocycles. The van der Waals surface area contributed by atoms with E-state index < -0.39 is 0 Å².